The maximum absolute atomic E-state index is 13.2. The molecule has 0 aromatic heterocycles. The largest absolute Gasteiger partial charge is 0.508 e. The molecule has 106 valence electrons. The highest BCUT2D eigenvalue weighted by Gasteiger charge is 2.14. The average Bonchev–Trinajstić information content (AvgIpc) is 2.33. The SMILES string of the molecule is Cc1ccc(C(C)Nc2c(Cl)cc(F)cc2Br)c(O)c1. The zero-order chi connectivity index (χ0) is 14.9. The van der Waals surface area contributed by atoms with Crippen LogP contribution >= 0.6 is 27.5 Å². The van der Waals surface area contributed by atoms with Crippen molar-refractivity contribution in [1.29, 1.82) is 0 Å². The van der Waals surface area contributed by atoms with Crippen molar-refractivity contribution in [2.24, 2.45) is 0 Å². The van der Waals surface area contributed by atoms with Crippen molar-refractivity contribution in [2.45, 2.75) is 19.9 Å². The summed E-state index contributed by atoms with van der Waals surface area (Å²) >= 11 is 9.32. The molecule has 0 saturated heterocycles. The molecule has 0 fully saturated rings. The van der Waals surface area contributed by atoms with Crippen molar-refractivity contribution >= 4 is 33.2 Å². The molecule has 2 nitrogen and oxygen atoms in total. The van der Waals surface area contributed by atoms with Crippen LogP contribution in [0.25, 0.3) is 0 Å². The van der Waals surface area contributed by atoms with Gasteiger partial charge >= 0.3 is 0 Å². The minimum atomic E-state index is -0.404. The van der Waals surface area contributed by atoms with E-state index < -0.39 is 5.82 Å². The van der Waals surface area contributed by atoms with Crippen LogP contribution in [0.5, 0.6) is 5.75 Å². The lowest BCUT2D eigenvalue weighted by Gasteiger charge is -2.19. The number of phenolic OH excluding ortho intramolecular Hbond substituents is 1. The third-order valence-corrected chi connectivity index (χ3v) is 3.94. The van der Waals surface area contributed by atoms with Gasteiger partial charge in [-0.3, -0.25) is 0 Å². The molecule has 0 saturated carbocycles. The Bertz CT molecular complexity index is 625. The first-order valence-electron chi connectivity index (χ1n) is 6.09. The highest BCUT2D eigenvalue weighted by atomic mass is 79.9. The van der Waals surface area contributed by atoms with Gasteiger partial charge in [0.1, 0.15) is 11.6 Å². The van der Waals surface area contributed by atoms with Crippen molar-refractivity contribution in [1.82, 2.24) is 0 Å². The van der Waals surface area contributed by atoms with E-state index in [0.717, 1.165) is 11.1 Å². The van der Waals surface area contributed by atoms with Crippen LogP contribution in [0.15, 0.2) is 34.8 Å². The standard InChI is InChI=1S/C15H14BrClFNO/c1-8-3-4-11(14(20)5-8)9(2)19-15-12(16)6-10(18)7-13(15)17/h3-7,9,19-20H,1-2H3. The lowest BCUT2D eigenvalue weighted by Crippen LogP contribution is -2.08. The highest BCUT2D eigenvalue weighted by Crippen LogP contribution is 2.35. The van der Waals surface area contributed by atoms with Crippen molar-refractivity contribution in [2.75, 3.05) is 5.32 Å². The van der Waals surface area contributed by atoms with Crippen LogP contribution in [0.1, 0.15) is 24.1 Å². The number of aromatic hydroxyl groups is 1. The Morgan fingerprint density at radius 1 is 1.30 bits per heavy atom. The van der Waals surface area contributed by atoms with Crippen molar-refractivity contribution < 1.29 is 9.50 Å². The van der Waals surface area contributed by atoms with E-state index in [-0.39, 0.29) is 16.8 Å². The molecule has 0 spiro atoms. The molecule has 2 aromatic rings. The Morgan fingerprint density at radius 3 is 2.60 bits per heavy atom. The summed E-state index contributed by atoms with van der Waals surface area (Å²) in [7, 11) is 0. The number of aryl methyl sites for hydroxylation is 1. The summed E-state index contributed by atoms with van der Waals surface area (Å²) in [5, 5.41) is 13.4. The lowest BCUT2D eigenvalue weighted by molar-refractivity contribution is 0.465. The first-order chi connectivity index (χ1) is 9.38. The van der Waals surface area contributed by atoms with Gasteiger partial charge in [-0.15, -0.1) is 0 Å². The van der Waals surface area contributed by atoms with Gasteiger partial charge in [0, 0.05) is 10.0 Å². The molecule has 0 radical (unpaired) electrons. The Balaban J connectivity index is 2.30. The fourth-order valence-corrected chi connectivity index (χ4v) is 2.92. The zero-order valence-electron chi connectivity index (χ0n) is 11.0. The van der Waals surface area contributed by atoms with Gasteiger partial charge in [0.05, 0.1) is 16.8 Å². The van der Waals surface area contributed by atoms with E-state index >= 15 is 0 Å². The third kappa shape index (κ3) is 3.25. The number of phenols is 1. The smallest absolute Gasteiger partial charge is 0.125 e. The van der Waals surface area contributed by atoms with E-state index in [1.54, 1.807) is 6.07 Å². The van der Waals surface area contributed by atoms with Crippen molar-refractivity contribution in [3.05, 3.63) is 56.8 Å². The monoisotopic (exact) mass is 357 g/mol. The number of hydrogen-bond donors (Lipinski definition) is 2. The van der Waals surface area contributed by atoms with Gasteiger partial charge in [-0.05, 0) is 53.5 Å². The van der Waals surface area contributed by atoms with Crippen LogP contribution in [-0.2, 0) is 0 Å². The summed E-state index contributed by atoms with van der Waals surface area (Å²) in [6, 6.07) is 7.90. The minimum Gasteiger partial charge on any atom is -0.508 e. The lowest BCUT2D eigenvalue weighted by atomic mass is 10.0. The maximum atomic E-state index is 13.2. The Morgan fingerprint density at radius 2 is 2.00 bits per heavy atom. The Kier molecular flexibility index (Phi) is 4.55. The summed E-state index contributed by atoms with van der Waals surface area (Å²) in [6.07, 6.45) is 0. The normalized spacial score (nSPS) is 12.2. The molecule has 0 aliphatic heterocycles. The van der Waals surface area contributed by atoms with Gasteiger partial charge in [-0.1, -0.05) is 23.7 Å². The van der Waals surface area contributed by atoms with E-state index in [2.05, 4.69) is 21.2 Å². The number of anilines is 1. The number of hydrogen-bond acceptors (Lipinski definition) is 2. The molecular formula is C15H14BrClFNO. The average molecular weight is 359 g/mol. The van der Waals surface area contributed by atoms with Crippen LogP contribution in [0.4, 0.5) is 10.1 Å². The molecule has 0 aliphatic rings. The van der Waals surface area contributed by atoms with E-state index in [4.69, 9.17) is 11.6 Å². The molecule has 2 rings (SSSR count). The second-order valence-electron chi connectivity index (χ2n) is 4.67. The van der Waals surface area contributed by atoms with Gasteiger partial charge < -0.3 is 10.4 Å². The summed E-state index contributed by atoms with van der Waals surface area (Å²) < 4.78 is 13.7. The Labute approximate surface area is 130 Å². The third-order valence-electron chi connectivity index (χ3n) is 3.02. The number of halogens is 3. The van der Waals surface area contributed by atoms with Crippen LogP contribution in [0.2, 0.25) is 5.02 Å². The predicted octanol–water partition coefficient (Wildman–Crippen LogP) is 5.43. The molecule has 2 aromatic carbocycles. The van der Waals surface area contributed by atoms with E-state index in [1.807, 2.05) is 26.0 Å². The molecule has 0 aliphatic carbocycles. The second-order valence-corrected chi connectivity index (χ2v) is 5.93. The molecule has 20 heavy (non-hydrogen) atoms. The maximum Gasteiger partial charge on any atom is 0.125 e. The molecule has 1 unspecified atom stereocenters. The first-order valence-corrected chi connectivity index (χ1v) is 7.26. The van der Waals surface area contributed by atoms with Crippen molar-refractivity contribution in [3.63, 3.8) is 0 Å². The van der Waals surface area contributed by atoms with Crippen LogP contribution in [0, 0.1) is 12.7 Å². The van der Waals surface area contributed by atoms with Gasteiger partial charge in [-0.2, -0.15) is 0 Å². The van der Waals surface area contributed by atoms with Crippen molar-refractivity contribution in [3.8, 4) is 5.75 Å². The zero-order valence-corrected chi connectivity index (χ0v) is 13.4. The van der Waals surface area contributed by atoms with Gasteiger partial charge in [-0.25, -0.2) is 4.39 Å². The van der Waals surface area contributed by atoms with E-state index in [9.17, 15) is 9.50 Å². The molecule has 2 N–H and O–H groups in total. The predicted molar refractivity (Wildman–Crippen MR) is 84.0 cm³/mol. The second kappa shape index (κ2) is 6.02. The van der Waals surface area contributed by atoms with E-state index in [0.29, 0.717) is 10.2 Å². The van der Waals surface area contributed by atoms with Crippen LogP contribution in [-0.4, -0.2) is 5.11 Å². The molecule has 0 amide bonds. The Hall–Kier alpha value is -1.26. The van der Waals surface area contributed by atoms with Crippen LogP contribution in [0.3, 0.4) is 0 Å². The minimum absolute atomic E-state index is 0.171. The van der Waals surface area contributed by atoms with Gasteiger partial charge in [0.15, 0.2) is 0 Å². The van der Waals surface area contributed by atoms with Gasteiger partial charge in [0.25, 0.3) is 0 Å². The molecule has 5 heteroatoms. The summed E-state index contributed by atoms with van der Waals surface area (Å²) in [5.74, 6) is -0.183. The quantitative estimate of drug-likeness (QED) is 0.767. The number of rotatable bonds is 3. The van der Waals surface area contributed by atoms with Gasteiger partial charge in [0.2, 0.25) is 0 Å². The van der Waals surface area contributed by atoms with E-state index in [1.165, 1.54) is 12.1 Å². The molecule has 0 bridgehead atoms. The summed E-state index contributed by atoms with van der Waals surface area (Å²) in [4.78, 5) is 0. The highest BCUT2D eigenvalue weighted by molar-refractivity contribution is 9.10. The summed E-state index contributed by atoms with van der Waals surface area (Å²) in [5.41, 5.74) is 2.34. The molecule has 0 heterocycles. The first kappa shape index (κ1) is 15.1. The fourth-order valence-electron chi connectivity index (χ4n) is 1.99. The van der Waals surface area contributed by atoms with Crippen LogP contribution < -0.4 is 5.32 Å². The number of nitrogens with one attached hydrogen (secondary N) is 1. The summed E-state index contributed by atoms with van der Waals surface area (Å²) in [6.45, 7) is 3.81. The number of benzene rings is 2. The molecular weight excluding hydrogens is 345 g/mol. The molecule has 1 atom stereocenters. The fraction of sp³-hybridized carbons (Fsp3) is 0.200. The topological polar surface area (TPSA) is 32.3 Å².